The van der Waals surface area contributed by atoms with Crippen LogP contribution in [-0.4, -0.2) is 66.9 Å². The molecule has 1 amide bonds. The Balaban J connectivity index is 1.66. The number of fused-ring (bicyclic) bond motifs is 1. The summed E-state index contributed by atoms with van der Waals surface area (Å²) in [5, 5.41) is 0. The molecule has 1 aromatic carbocycles. The second-order valence-electron chi connectivity index (χ2n) is 12.5. The van der Waals surface area contributed by atoms with E-state index in [0.717, 1.165) is 76.3 Å². The normalized spacial score (nSPS) is 20.0. The van der Waals surface area contributed by atoms with Crippen molar-refractivity contribution in [3.63, 3.8) is 0 Å². The Kier molecular flexibility index (Phi) is 11.5. The summed E-state index contributed by atoms with van der Waals surface area (Å²) in [6.45, 7) is 19.2. The van der Waals surface area contributed by atoms with Gasteiger partial charge in [0.2, 0.25) is 12.7 Å². The molecule has 38 heavy (non-hydrogen) atoms. The molecule has 0 spiro atoms. The van der Waals surface area contributed by atoms with Gasteiger partial charge in [-0.3, -0.25) is 9.69 Å². The van der Waals surface area contributed by atoms with Crippen molar-refractivity contribution in [1.82, 2.24) is 9.80 Å². The van der Waals surface area contributed by atoms with Crippen LogP contribution in [0.15, 0.2) is 29.8 Å². The topological polar surface area (TPSA) is 51.2 Å². The van der Waals surface area contributed by atoms with E-state index in [9.17, 15) is 4.79 Å². The fraction of sp³-hybridized carbons (Fsp3) is 0.719. The number of benzene rings is 1. The van der Waals surface area contributed by atoms with Gasteiger partial charge in [-0.2, -0.15) is 0 Å². The maximum Gasteiger partial charge on any atom is 0.236 e. The largest absolute Gasteiger partial charge is 0.454 e. The van der Waals surface area contributed by atoms with E-state index < -0.39 is 0 Å². The molecule has 0 aliphatic carbocycles. The molecule has 2 aliphatic heterocycles. The number of allylic oxidation sites excluding steroid dienone is 2. The molecule has 1 saturated heterocycles. The summed E-state index contributed by atoms with van der Waals surface area (Å²) in [7, 11) is 0. The molecule has 3 atom stereocenters. The van der Waals surface area contributed by atoms with Crippen LogP contribution in [0.5, 0.6) is 11.5 Å². The highest BCUT2D eigenvalue weighted by Gasteiger charge is 2.35. The third-order valence-corrected chi connectivity index (χ3v) is 7.49. The van der Waals surface area contributed by atoms with Gasteiger partial charge in [-0.05, 0) is 96.3 Å². The lowest BCUT2D eigenvalue weighted by molar-refractivity contribution is -0.133. The first-order chi connectivity index (χ1) is 18.1. The minimum absolute atomic E-state index is 0.111. The van der Waals surface area contributed by atoms with Gasteiger partial charge in [0.25, 0.3) is 0 Å². The number of hydrogen-bond acceptors (Lipinski definition) is 5. The number of carbonyl (C=O) groups excluding carboxylic acids is 1. The number of amides is 1. The maximum absolute atomic E-state index is 13.6. The number of carbonyl (C=O) groups is 1. The average Bonchev–Trinajstić information content (AvgIpc) is 3.46. The second-order valence-corrected chi connectivity index (χ2v) is 12.5. The van der Waals surface area contributed by atoms with E-state index in [0.29, 0.717) is 31.2 Å². The number of rotatable bonds is 14. The summed E-state index contributed by atoms with van der Waals surface area (Å²) in [5.41, 5.74) is 2.52. The third-order valence-electron chi connectivity index (χ3n) is 7.49. The van der Waals surface area contributed by atoms with E-state index >= 15 is 0 Å². The zero-order chi connectivity index (χ0) is 27.7. The van der Waals surface area contributed by atoms with Crippen LogP contribution in [0.3, 0.4) is 0 Å². The molecule has 1 fully saturated rings. The number of ether oxygens (including phenoxy) is 3. The number of nitrogens with zero attached hydrogens (tertiary/aromatic N) is 2. The Morgan fingerprint density at radius 3 is 2.61 bits per heavy atom. The molecular formula is C32H52N2O4. The van der Waals surface area contributed by atoms with Crippen molar-refractivity contribution in [3.8, 4) is 11.5 Å². The molecule has 0 aromatic heterocycles. The summed E-state index contributed by atoms with van der Waals surface area (Å²) in [4.78, 5) is 18.2. The molecule has 1 aromatic rings. The van der Waals surface area contributed by atoms with Gasteiger partial charge in [0.1, 0.15) is 0 Å². The zero-order valence-electron chi connectivity index (χ0n) is 25.1. The maximum atomic E-state index is 13.6. The Labute approximate surface area is 231 Å². The Morgan fingerprint density at radius 1 is 1.16 bits per heavy atom. The van der Waals surface area contributed by atoms with Crippen LogP contribution in [-0.2, 0) is 9.53 Å². The highest BCUT2D eigenvalue weighted by molar-refractivity contribution is 5.78. The smallest absolute Gasteiger partial charge is 0.236 e. The van der Waals surface area contributed by atoms with Gasteiger partial charge in [-0.15, -0.1) is 0 Å². The van der Waals surface area contributed by atoms with Crippen molar-refractivity contribution < 1.29 is 19.0 Å². The molecule has 0 N–H and O–H groups in total. The van der Waals surface area contributed by atoms with Crippen LogP contribution in [0.1, 0.15) is 98.5 Å². The first kappa shape index (κ1) is 30.5. The molecule has 214 valence electrons. The molecule has 0 saturated carbocycles. The zero-order valence-corrected chi connectivity index (χ0v) is 25.1. The van der Waals surface area contributed by atoms with Crippen LogP contribution in [0.2, 0.25) is 0 Å². The fourth-order valence-corrected chi connectivity index (χ4v) is 5.66. The first-order valence-corrected chi connectivity index (χ1v) is 14.8. The fourth-order valence-electron chi connectivity index (χ4n) is 5.66. The van der Waals surface area contributed by atoms with Crippen LogP contribution in [0.4, 0.5) is 0 Å². The van der Waals surface area contributed by atoms with Gasteiger partial charge < -0.3 is 19.1 Å². The molecule has 2 unspecified atom stereocenters. The van der Waals surface area contributed by atoms with Crippen molar-refractivity contribution in [1.29, 1.82) is 0 Å². The number of unbranched alkanes of at least 4 members (excludes halogenated alkanes) is 2. The molecular weight excluding hydrogens is 476 g/mol. The first-order valence-electron chi connectivity index (χ1n) is 14.8. The third kappa shape index (κ3) is 9.60. The molecule has 6 heteroatoms. The lowest BCUT2D eigenvalue weighted by Crippen LogP contribution is -2.43. The van der Waals surface area contributed by atoms with E-state index in [1.54, 1.807) is 0 Å². The number of hydrogen-bond donors (Lipinski definition) is 0. The molecule has 2 aliphatic rings. The molecule has 3 rings (SSSR count). The minimum atomic E-state index is -0.111. The summed E-state index contributed by atoms with van der Waals surface area (Å²) in [5.74, 6) is 2.80. The lowest BCUT2D eigenvalue weighted by atomic mass is 9.92. The van der Waals surface area contributed by atoms with Crippen LogP contribution in [0.25, 0.3) is 0 Å². The molecule has 2 heterocycles. The summed E-state index contributed by atoms with van der Waals surface area (Å²) in [6, 6.07) is 6.73. The monoisotopic (exact) mass is 528 g/mol. The van der Waals surface area contributed by atoms with E-state index in [-0.39, 0.29) is 11.5 Å². The van der Waals surface area contributed by atoms with E-state index in [1.165, 1.54) is 11.1 Å². The Hall–Kier alpha value is -2.05. The van der Waals surface area contributed by atoms with Crippen LogP contribution >= 0.6 is 0 Å². The van der Waals surface area contributed by atoms with Gasteiger partial charge in [0.05, 0.1) is 12.1 Å². The van der Waals surface area contributed by atoms with Gasteiger partial charge in [-0.1, -0.05) is 38.0 Å². The highest BCUT2D eigenvalue weighted by atomic mass is 16.7. The summed E-state index contributed by atoms with van der Waals surface area (Å²) < 4.78 is 17.1. The van der Waals surface area contributed by atoms with E-state index in [2.05, 4.69) is 76.5 Å². The van der Waals surface area contributed by atoms with Crippen LogP contribution in [0, 0.1) is 5.92 Å². The molecule has 0 radical (unpaired) electrons. The van der Waals surface area contributed by atoms with E-state index in [1.807, 2.05) is 6.07 Å². The SMILES string of the molecule is CCCCN(CCCCOC(C)(C)C)C(=O)CN1CC(c2ccc3c(c2)OCO3)C[C@@H]1CC(C)C=C(C)C. The molecule has 6 nitrogen and oxygen atoms in total. The predicted octanol–water partition coefficient (Wildman–Crippen LogP) is 6.79. The van der Waals surface area contributed by atoms with Gasteiger partial charge in [0.15, 0.2) is 11.5 Å². The Bertz CT molecular complexity index is 919. The van der Waals surface area contributed by atoms with Crippen molar-refractivity contribution in [2.75, 3.05) is 39.6 Å². The van der Waals surface area contributed by atoms with Crippen molar-refractivity contribution in [3.05, 3.63) is 35.4 Å². The quantitative estimate of drug-likeness (QED) is 0.197. The number of likely N-dealkylation sites (tertiary alicyclic amines) is 1. The van der Waals surface area contributed by atoms with Crippen LogP contribution < -0.4 is 9.47 Å². The predicted molar refractivity (Wildman–Crippen MR) is 155 cm³/mol. The minimum Gasteiger partial charge on any atom is -0.454 e. The average molecular weight is 529 g/mol. The van der Waals surface area contributed by atoms with Gasteiger partial charge in [-0.25, -0.2) is 0 Å². The van der Waals surface area contributed by atoms with Crippen molar-refractivity contribution in [2.24, 2.45) is 5.92 Å². The summed E-state index contributed by atoms with van der Waals surface area (Å²) in [6.07, 6.45) is 8.59. The van der Waals surface area contributed by atoms with Gasteiger partial charge >= 0.3 is 0 Å². The van der Waals surface area contributed by atoms with Crippen molar-refractivity contribution >= 4 is 5.91 Å². The summed E-state index contributed by atoms with van der Waals surface area (Å²) >= 11 is 0. The molecule has 0 bridgehead atoms. The van der Waals surface area contributed by atoms with E-state index in [4.69, 9.17) is 14.2 Å². The van der Waals surface area contributed by atoms with Crippen molar-refractivity contribution in [2.45, 2.75) is 105 Å². The van der Waals surface area contributed by atoms with Gasteiger partial charge in [0, 0.05) is 32.3 Å². The highest BCUT2D eigenvalue weighted by Crippen LogP contribution is 2.40. The Morgan fingerprint density at radius 2 is 1.89 bits per heavy atom. The lowest BCUT2D eigenvalue weighted by Gasteiger charge is -2.29. The standard InChI is InChI=1S/C32H52N2O4/c1-8-9-14-33(15-10-11-16-38-32(5,6)7)31(35)22-34-21-27(19-28(34)18-25(4)17-24(2)3)26-12-13-29-30(20-26)37-23-36-29/h12-13,17,20,25,27-28H,8-11,14-16,18-19,21-23H2,1-7H3/t25?,27?,28-/m0/s1. The second kappa shape index (κ2) is 14.4.